The Labute approximate surface area is 177 Å². The Balaban J connectivity index is 1.51. The Kier molecular flexibility index (Phi) is 4.52. The minimum atomic E-state index is -0.500. The molecule has 31 heavy (non-hydrogen) atoms. The maximum Gasteiger partial charge on any atom is 0.294 e. The van der Waals surface area contributed by atoms with E-state index in [1.165, 1.54) is 39.2 Å². The van der Waals surface area contributed by atoms with Crippen LogP contribution < -0.4 is 5.56 Å². The van der Waals surface area contributed by atoms with E-state index in [9.17, 15) is 14.9 Å². The molecular formula is C19H12N8O3S. The third-order valence-electron chi connectivity index (χ3n) is 4.50. The standard InChI is InChI=1S/C19H12N8O3S/c28-19-13-8-23-26(14-4-1-2-5-15(14)27(29)30)17(13)22-11-25(19)9-12-10-31-18(24-12)16-20-6-3-7-21-16/h1-8,10-11H,9H2. The van der Waals surface area contributed by atoms with Gasteiger partial charge in [0.15, 0.2) is 16.5 Å². The molecule has 0 saturated carbocycles. The zero-order chi connectivity index (χ0) is 21.4. The SMILES string of the molecule is O=c1c2cnn(-c3ccccc3[N+](=O)[O-])c2ncn1Cc1csc(-c2ncccn2)n1. The van der Waals surface area contributed by atoms with E-state index in [2.05, 4.69) is 25.0 Å². The van der Waals surface area contributed by atoms with Crippen molar-refractivity contribution >= 4 is 28.1 Å². The van der Waals surface area contributed by atoms with Gasteiger partial charge in [-0.15, -0.1) is 11.3 Å². The summed E-state index contributed by atoms with van der Waals surface area (Å²) < 4.78 is 2.71. The lowest BCUT2D eigenvalue weighted by Crippen LogP contribution is -2.21. The lowest BCUT2D eigenvalue weighted by molar-refractivity contribution is -0.384. The molecule has 0 unspecified atom stereocenters. The molecule has 11 nitrogen and oxygen atoms in total. The predicted molar refractivity (Wildman–Crippen MR) is 112 cm³/mol. The van der Waals surface area contributed by atoms with Crippen LogP contribution in [-0.2, 0) is 6.54 Å². The Morgan fingerprint density at radius 1 is 1.10 bits per heavy atom. The van der Waals surface area contributed by atoms with Crippen molar-refractivity contribution in [2.24, 2.45) is 0 Å². The van der Waals surface area contributed by atoms with Gasteiger partial charge in [-0.05, 0) is 12.1 Å². The van der Waals surface area contributed by atoms with Crippen molar-refractivity contribution < 1.29 is 4.92 Å². The van der Waals surface area contributed by atoms with E-state index in [0.29, 0.717) is 16.5 Å². The van der Waals surface area contributed by atoms with Gasteiger partial charge in [-0.25, -0.2) is 24.6 Å². The molecule has 1 aromatic carbocycles. The van der Waals surface area contributed by atoms with Gasteiger partial charge in [-0.3, -0.25) is 19.5 Å². The van der Waals surface area contributed by atoms with Crippen molar-refractivity contribution in [3.05, 3.63) is 86.8 Å². The summed E-state index contributed by atoms with van der Waals surface area (Å²) in [5.74, 6) is 0.519. The number of para-hydroxylation sites is 2. The molecule has 4 heterocycles. The molecule has 0 saturated heterocycles. The second-order valence-electron chi connectivity index (χ2n) is 6.43. The maximum atomic E-state index is 13.0. The number of aromatic nitrogens is 7. The first-order valence-electron chi connectivity index (χ1n) is 9.00. The lowest BCUT2D eigenvalue weighted by atomic mass is 10.2. The zero-order valence-corrected chi connectivity index (χ0v) is 16.5. The number of rotatable bonds is 5. The van der Waals surface area contributed by atoms with Crippen LogP contribution in [0.1, 0.15) is 5.69 Å². The van der Waals surface area contributed by atoms with E-state index in [0.717, 1.165) is 0 Å². The van der Waals surface area contributed by atoms with Crippen LogP contribution in [-0.4, -0.2) is 39.2 Å². The third-order valence-corrected chi connectivity index (χ3v) is 5.39. The minimum Gasteiger partial charge on any atom is -0.292 e. The van der Waals surface area contributed by atoms with Crippen molar-refractivity contribution in [3.63, 3.8) is 0 Å². The summed E-state index contributed by atoms with van der Waals surface area (Å²) in [6.45, 7) is 0.210. The van der Waals surface area contributed by atoms with Gasteiger partial charge >= 0.3 is 0 Å². The number of fused-ring (bicyclic) bond motifs is 1. The second-order valence-corrected chi connectivity index (χ2v) is 7.29. The summed E-state index contributed by atoms with van der Waals surface area (Å²) in [7, 11) is 0. The molecule has 0 atom stereocenters. The highest BCUT2D eigenvalue weighted by Crippen LogP contribution is 2.24. The van der Waals surface area contributed by atoms with Gasteiger partial charge in [-0.1, -0.05) is 12.1 Å². The van der Waals surface area contributed by atoms with Gasteiger partial charge in [0, 0.05) is 23.8 Å². The summed E-state index contributed by atoms with van der Waals surface area (Å²) in [5.41, 5.74) is 0.699. The largest absolute Gasteiger partial charge is 0.294 e. The van der Waals surface area contributed by atoms with Crippen LogP contribution in [0.2, 0.25) is 0 Å². The molecule has 5 aromatic rings. The Bertz CT molecular complexity index is 1470. The third kappa shape index (κ3) is 3.34. The average Bonchev–Trinajstić information content (AvgIpc) is 3.44. The average molecular weight is 432 g/mol. The number of nitro benzene ring substituents is 1. The van der Waals surface area contributed by atoms with Crippen molar-refractivity contribution in [1.29, 1.82) is 0 Å². The van der Waals surface area contributed by atoms with E-state index in [1.54, 1.807) is 36.7 Å². The van der Waals surface area contributed by atoms with Gasteiger partial charge in [0.2, 0.25) is 0 Å². The molecule has 0 aliphatic carbocycles. The molecule has 0 aliphatic heterocycles. The first kappa shape index (κ1) is 18.7. The smallest absolute Gasteiger partial charge is 0.292 e. The fraction of sp³-hybridized carbons (Fsp3) is 0.0526. The topological polar surface area (TPSA) is 135 Å². The summed E-state index contributed by atoms with van der Waals surface area (Å²) in [6.07, 6.45) is 6.03. The highest BCUT2D eigenvalue weighted by molar-refractivity contribution is 7.13. The van der Waals surface area contributed by atoms with Gasteiger partial charge in [0.25, 0.3) is 11.2 Å². The number of nitro groups is 1. The molecule has 12 heteroatoms. The van der Waals surface area contributed by atoms with Gasteiger partial charge < -0.3 is 0 Å². The van der Waals surface area contributed by atoms with Crippen LogP contribution in [0.5, 0.6) is 0 Å². The van der Waals surface area contributed by atoms with Gasteiger partial charge in [0.1, 0.15) is 17.4 Å². The Hall–Kier alpha value is -4.32. The maximum absolute atomic E-state index is 13.0. The zero-order valence-electron chi connectivity index (χ0n) is 15.7. The molecule has 0 bridgehead atoms. The lowest BCUT2D eigenvalue weighted by Gasteiger charge is -2.05. The number of thiazole rings is 1. The molecule has 4 aromatic heterocycles. The van der Waals surface area contributed by atoms with Crippen LogP contribution in [0.25, 0.3) is 27.6 Å². The van der Waals surface area contributed by atoms with E-state index >= 15 is 0 Å². The Morgan fingerprint density at radius 3 is 2.71 bits per heavy atom. The minimum absolute atomic E-state index is 0.128. The Morgan fingerprint density at radius 2 is 1.90 bits per heavy atom. The molecule has 5 rings (SSSR count). The van der Waals surface area contributed by atoms with Crippen molar-refractivity contribution in [3.8, 4) is 16.5 Å². The molecule has 0 fully saturated rings. The number of benzene rings is 1. The highest BCUT2D eigenvalue weighted by atomic mass is 32.1. The van der Waals surface area contributed by atoms with Gasteiger partial charge in [0.05, 0.1) is 23.4 Å². The van der Waals surface area contributed by atoms with Gasteiger partial charge in [-0.2, -0.15) is 5.10 Å². The van der Waals surface area contributed by atoms with E-state index < -0.39 is 4.92 Å². The summed E-state index contributed by atoms with van der Waals surface area (Å²) in [6, 6.07) is 7.88. The first-order valence-corrected chi connectivity index (χ1v) is 9.88. The molecule has 0 radical (unpaired) electrons. The number of hydrogen-bond donors (Lipinski definition) is 0. The highest BCUT2D eigenvalue weighted by Gasteiger charge is 2.19. The van der Waals surface area contributed by atoms with Crippen molar-refractivity contribution in [2.45, 2.75) is 6.54 Å². The summed E-state index contributed by atoms with van der Waals surface area (Å²) in [5, 5.41) is 18.3. The first-order chi connectivity index (χ1) is 15.1. The fourth-order valence-corrected chi connectivity index (χ4v) is 3.86. The molecular weight excluding hydrogens is 420 g/mol. The van der Waals surface area contributed by atoms with Crippen LogP contribution in [0.3, 0.4) is 0 Å². The van der Waals surface area contributed by atoms with Crippen LogP contribution in [0, 0.1) is 10.1 Å². The predicted octanol–water partition coefficient (Wildman–Crippen LogP) is 2.45. The van der Waals surface area contributed by atoms with Crippen LogP contribution >= 0.6 is 11.3 Å². The molecule has 152 valence electrons. The number of hydrogen-bond acceptors (Lipinski definition) is 9. The van der Waals surface area contributed by atoms with Crippen LogP contribution in [0.4, 0.5) is 5.69 Å². The van der Waals surface area contributed by atoms with E-state index in [4.69, 9.17) is 0 Å². The summed E-state index contributed by atoms with van der Waals surface area (Å²) in [4.78, 5) is 41.0. The van der Waals surface area contributed by atoms with Crippen LogP contribution in [0.15, 0.2) is 65.4 Å². The van der Waals surface area contributed by atoms with E-state index in [-0.39, 0.29) is 34.5 Å². The molecule has 0 amide bonds. The van der Waals surface area contributed by atoms with E-state index in [1.807, 2.05) is 5.38 Å². The quantitative estimate of drug-likeness (QED) is 0.305. The van der Waals surface area contributed by atoms with Crippen molar-refractivity contribution in [1.82, 2.24) is 34.3 Å². The fourth-order valence-electron chi connectivity index (χ4n) is 3.10. The normalized spacial score (nSPS) is 11.1. The number of nitrogens with zero attached hydrogens (tertiary/aromatic N) is 8. The monoisotopic (exact) mass is 432 g/mol. The molecule has 0 spiro atoms. The second kappa shape index (κ2) is 7.50. The summed E-state index contributed by atoms with van der Waals surface area (Å²) >= 11 is 1.38. The molecule has 0 N–H and O–H groups in total. The van der Waals surface area contributed by atoms with Crippen molar-refractivity contribution in [2.75, 3.05) is 0 Å². The molecule has 0 aliphatic rings.